The molecule has 0 saturated heterocycles. The second-order valence-electron chi connectivity index (χ2n) is 3.51. The second-order valence-corrected chi connectivity index (χ2v) is 3.51. The summed E-state index contributed by atoms with van der Waals surface area (Å²) in [6.07, 6.45) is 0. The van der Waals surface area contributed by atoms with Crippen molar-refractivity contribution in [3.63, 3.8) is 0 Å². The average Bonchev–Trinajstić information content (AvgIpc) is 2.36. The summed E-state index contributed by atoms with van der Waals surface area (Å²) in [5.41, 5.74) is 0.0497. The minimum absolute atomic E-state index is 0.0458. The molecule has 2 aromatic carbocycles. The van der Waals surface area contributed by atoms with Gasteiger partial charge in [0.1, 0.15) is 0 Å². The van der Waals surface area contributed by atoms with Gasteiger partial charge in [-0.05, 0) is 16.8 Å². The number of hydrogen-bond donors (Lipinski definition) is 1. The first-order chi connectivity index (χ1) is 8.15. The Morgan fingerprint density at radius 3 is 2.47 bits per heavy atom. The highest BCUT2D eigenvalue weighted by molar-refractivity contribution is 6.12. The lowest BCUT2D eigenvalue weighted by Gasteiger charge is -2.08. The maximum atomic E-state index is 11.7. The Bertz CT molecular complexity index is 601. The van der Waals surface area contributed by atoms with Gasteiger partial charge in [-0.25, -0.2) is 9.59 Å². The van der Waals surface area contributed by atoms with Gasteiger partial charge in [0.25, 0.3) is 0 Å². The SMILES string of the molecule is COC(=O)c1c(C(=O)O)ccc2ccccc12. The Morgan fingerprint density at radius 2 is 1.82 bits per heavy atom. The molecule has 0 saturated carbocycles. The fourth-order valence-electron chi connectivity index (χ4n) is 1.77. The van der Waals surface area contributed by atoms with Crippen molar-refractivity contribution in [2.45, 2.75) is 0 Å². The molecule has 17 heavy (non-hydrogen) atoms. The number of ether oxygens (including phenoxy) is 1. The quantitative estimate of drug-likeness (QED) is 0.804. The topological polar surface area (TPSA) is 63.6 Å². The zero-order valence-electron chi connectivity index (χ0n) is 9.14. The number of hydrogen-bond acceptors (Lipinski definition) is 3. The summed E-state index contributed by atoms with van der Waals surface area (Å²) in [5, 5.41) is 10.4. The van der Waals surface area contributed by atoms with E-state index in [1.807, 2.05) is 12.1 Å². The van der Waals surface area contributed by atoms with Crippen LogP contribution in [-0.4, -0.2) is 24.2 Å². The molecule has 2 rings (SSSR count). The van der Waals surface area contributed by atoms with Crippen LogP contribution in [0.15, 0.2) is 36.4 Å². The molecule has 0 heterocycles. The van der Waals surface area contributed by atoms with Crippen LogP contribution < -0.4 is 0 Å². The molecule has 0 aliphatic rings. The standard InChI is InChI=1S/C13H10O4/c1-17-13(16)11-9-5-3-2-4-8(9)6-7-10(11)12(14)15/h2-7H,1H3,(H,14,15). The Morgan fingerprint density at radius 1 is 1.12 bits per heavy atom. The predicted octanol–water partition coefficient (Wildman–Crippen LogP) is 2.32. The number of methoxy groups -OCH3 is 1. The Labute approximate surface area is 97.4 Å². The highest BCUT2D eigenvalue weighted by Gasteiger charge is 2.19. The van der Waals surface area contributed by atoms with Crippen LogP contribution >= 0.6 is 0 Å². The van der Waals surface area contributed by atoms with Gasteiger partial charge in [-0.3, -0.25) is 0 Å². The summed E-state index contributed by atoms with van der Waals surface area (Å²) in [5.74, 6) is -1.78. The normalized spacial score (nSPS) is 10.2. The molecule has 0 amide bonds. The summed E-state index contributed by atoms with van der Waals surface area (Å²) in [6, 6.07) is 10.2. The fraction of sp³-hybridized carbons (Fsp3) is 0.0769. The molecule has 0 aliphatic heterocycles. The first kappa shape index (κ1) is 11.1. The van der Waals surface area contributed by atoms with E-state index in [0.717, 1.165) is 5.39 Å². The van der Waals surface area contributed by atoms with Gasteiger partial charge in [-0.1, -0.05) is 30.3 Å². The second kappa shape index (κ2) is 4.25. The number of carbonyl (C=O) groups excluding carboxylic acids is 1. The van der Waals surface area contributed by atoms with Crippen LogP contribution in [0.2, 0.25) is 0 Å². The molecule has 0 aromatic heterocycles. The number of benzene rings is 2. The van der Waals surface area contributed by atoms with Gasteiger partial charge in [0.05, 0.1) is 18.2 Å². The van der Waals surface area contributed by atoms with E-state index in [1.165, 1.54) is 13.2 Å². The molecule has 2 aromatic rings. The van der Waals surface area contributed by atoms with E-state index in [-0.39, 0.29) is 11.1 Å². The summed E-state index contributed by atoms with van der Waals surface area (Å²) in [7, 11) is 1.23. The van der Waals surface area contributed by atoms with Crippen molar-refractivity contribution in [1.29, 1.82) is 0 Å². The number of aromatic carboxylic acids is 1. The van der Waals surface area contributed by atoms with Crippen molar-refractivity contribution in [3.8, 4) is 0 Å². The first-order valence-corrected chi connectivity index (χ1v) is 4.98. The van der Waals surface area contributed by atoms with E-state index in [9.17, 15) is 9.59 Å². The highest BCUT2D eigenvalue weighted by Crippen LogP contribution is 2.23. The zero-order chi connectivity index (χ0) is 12.4. The van der Waals surface area contributed by atoms with Crippen LogP contribution in [0.3, 0.4) is 0 Å². The lowest BCUT2D eigenvalue weighted by Crippen LogP contribution is -2.10. The lowest BCUT2D eigenvalue weighted by atomic mass is 9.99. The summed E-state index contributed by atoms with van der Waals surface area (Å²) >= 11 is 0. The van der Waals surface area contributed by atoms with Gasteiger partial charge in [-0.2, -0.15) is 0 Å². The van der Waals surface area contributed by atoms with Crippen molar-refractivity contribution in [3.05, 3.63) is 47.5 Å². The third-order valence-corrected chi connectivity index (χ3v) is 2.55. The van der Waals surface area contributed by atoms with Gasteiger partial charge < -0.3 is 9.84 Å². The molecule has 0 unspecified atom stereocenters. The van der Waals surface area contributed by atoms with Crippen molar-refractivity contribution in [1.82, 2.24) is 0 Å². The Kier molecular flexibility index (Phi) is 2.78. The van der Waals surface area contributed by atoms with Crippen LogP contribution in [0.25, 0.3) is 10.8 Å². The van der Waals surface area contributed by atoms with Crippen molar-refractivity contribution in [2.75, 3.05) is 7.11 Å². The van der Waals surface area contributed by atoms with E-state index in [1.54, 1.807) is 18.2 Å². The largest absolute Gasteiger partial charge is 0.478 e. The lowest BCUT2D eigenvalue weighted by molar-refractivity contribution is 0.0585. The van der Waals surface area contributed by atoms with E-state index in [2.05, 4.69) is 4.74 Å². The number of rotatable bonds is 2. The van der Waals surface area contributed by atoms with Gasteiger partial charge >= 0.3 is 11.9 Å². The molecule has 4 heteroatoms. The van der Waals surface area contributed by atoms with Crippen molar-refractivity contribution < 1.29 is 19.4 Å². The first-order valence-electron chi connectivity index (χ1n) is 4.98. The molecule has 0 aliphatic carbocycles. The smallest absolute Gasteiger partial charge is 0.339 e. The zero-order valence-corrected chi connectivity index (χ0v) is 9.14. The third kappa shape index (κ3) is 1.85. The Balaban J connectivity index is 2.84. The van der Waals surface area contributed by atoms with Crippen LogP contribution in [0, 0.1) is 0 Å². The van der Waals surface area contributed by atoms with Crippen LogP contribution in [0.4, 0.5) is 0 Å². The molecule has 1 N–H and O–H groups in total. The van der Waals surface area contributed by atoms with Gasteiger partial charge in [0.15, 0.2) is 0 Å². The third-order valence-electron chi connectivity index (χ3n) is 2.55. The van der Waals surface area contributed by atoms with Crippen LogP contribution in [0.5, 0.6) is 0 Å². The number of carbonyl (C=O) groups is 2. The van der Waals surface area contributed by atoms with E-state index in [4.69, 9.17) is 5.11 Å². The van der Waals surface area contributed by atoms with E-state index >= 15 is 0 Å². The molecule has 0 fully saturated rings. The number of carboxylic acids is 1. The molecule has 0 spiro atoms. The molecule has 86 valence electrons. The van der Waals surface area contributed by atoms with E-state index in [0.29, 0.717) is 5.39 Å². The van der Waals surface area contributed by atoms with Crippen molar-refractivity contribution in [2.24, 2.45) is 0 Å². The molecular formula is C13H10O4. The van der Waals surface area contributed by atoms with Crippen LogP contribution in [-0.2, 0) is 4.74 Å². The molecular weight excluding hydrogens is 220 g/mol. The van der Waals surface area contributed by atoms with E-state index < -0.39 is 11.9 Å². The maximum Gasteiger partial charge on any atom is 0.339 e. The number of esters is 1. The van der Waals surface area contributed by atoms with Gasteiger partial charge in [0.2, 0.25) is 0 Å². The molecule has 4 nitrogen and oxygen atoms in total. The summed E-state index contributed by atoms with van der Waals surface area (Å²) in [4.78, 5) is 22.7. The van der Waals surface area contributed by atoms with Crippen LogP contribution in [0.1, 0.15) is 20.7 Å². The minimum Gasteiger partial charge on any atom is -0.478 e. The Hall–Kier alpha value is -2.36. The predicted molar refractivity (Wildman–Crippen MR) is 62.2 cm³/mol. The van der Waals surface area contributed by atoms with Gasteiger partial charge in [-0.15, -0.1) is 0 Å². The average molecular weight is 230 g/mol. The number of fused-ring (bicyclic) bond motifs is 1. The molecule has 0 bridgehead atoms. The number of carboxylic acid groups (broad SMARTS) is 1. The fourth-order valence-corrected chi connectivity index (χ4v) is 1.77. The summed E-state index contributed by atoms with van der Waals surface area (Å²) in [6.45, 7) is 0. The maximum absolute atomic E-state index is 11.7. The summed E-state index contributed by atoms with van der Waals surface area (Å²) < 4.78 is 4.63. The minimum atomic E-state index is -1.14. The monoisotopic (exact) mass is 230 g/mol. The van der Waals surface area contributed by atoms with Gasteiger partial charge in [0, 0.05) is 0 Å². The molecule has 0 radical (unpaired) electrons. The molecule has 0 atom stereocenters. The van der Waals surface area contributed by atoms with Crippen molar-refractivity contribution >= 4 is 22.7 Å². The highest BCUT2D eigenvalue weighted by atomic mass is 16.5.